The fourth-order valence-electron chi connectivity index (χ4n) is 0.616. The Morgan fingerprint density at radius 1 is 1.12 bits per heavy atom. The van der Waals surface area contributed by atoms with Crippen molar-refractivity contribution in [2.24, 2.45) is 0 Å². The molecule has 8 heavy (non-hydrogen) atoms. The van der Waals surface area contributed by atoms with Crippen LogP contribution in [0.25, 0.3) is 0 Å². The van der Waals surface area contributed by atoms with E-state index in [4.69, 9.17) is 5.11 Å². The number of rotatable bonds is 4. The lowest BCUT2D eigenvalue weighted by Crippen LogP contribution is -2.03. The van der Waals surface area contributed by atoms with Gasteiger partial charge in [-0.15, -0.1) is 0 Å². The second-order valence-corrected chi connectivity index (χ2v) is 1.94. The standard InChI is InChI=1S/C7H14O/c1-3-5-7(8)6-4-2/h7-8H,1-6H2. The molecule has 0 aromatic carbocycles. The molecule has 1 N–H and O–H groups in total. The van der Waals surface area contributed by atoms with Crippen LogP contribution in [-0.2, 0) is 0 Å². The Labute approximate surface area is 51.7 Å². The second kappa shape index (κ2) is 5.10. The molecule has 0 aromatic heterocycles. The molecular formula is C7H14O. The minimum absolute atomic E-state index is 0.162. The van der Waals surface area contributed by atoms with Crippen molar-refractivity contribution in [3.8, 4) is 0 Å². The molecule has 0 spiro atoms. The predicted molar refractivity (Wildman–Crippen MR) is 35.2 cm³/mol. The minimum Gasteiger partial charge on any atom is -0.393 e. The first-order valence-corrected chi connectivity index (χ1v) is 3.07. The monoisotopic (exact) mass is 114 g/mol. The Balaban J connectivity index is 2.92. The zero-order chi connectivity index (χ0) is 6.41. The number of aliphatic hydroxyl groups is 1. The Hall–Kier alpha value is -0.0400. The highest BCUT2D eigenvalue weighted by molar-refractivity contribution is 4.56. The highest BCUT2D eigenvalue weighted by Gasteiger charge is 1.97. The van der Waals surface area contributed by atoms with Crippen LogP contribution < -0.4 is 0 Å². The fraction of sp³-hybridized carbons (Fsp3) is 0.714. The van der Waals surface area contributed by atoms with Crippen molar-refractivity contribution in [1.82, 2.24) is 0 Å². The lowest BCUT2D eigenvalue weighted by Gasteiger charge is -2.04. The molecule has 0 aliphatic carbocycles. The summed E-state index contributed by atoms with van der Waals surface area (Å²) >= 11 is 0. The molecule has 0 aliphatic rings. The van der Waals surface area contributed by atoms with Crippen LogP contribution in [0, 0.1) is 13.8 Å². The summed E-state index contributed by atoms with van der Waals surface area (Å²) < 4.78 is 0. The Kier molecular flexibility index (Phi) is 5.08. The van der Waals surface area contributed by atoms with Crippen molar-refractivity contribution in [3.05, 3.63) is 13.8 Å². The van der Waals surface area contributed by atoms with E-state index in [1.54, 1.807) is 0 Å². The summed E-state index contributed by atoms with van der Waals surface area (Å²) in [7, 11) is 0. The zero-order valence-electron chi connectivity index (χ0n) is 5.27. The lowest BCUT2D eigenvalue weighted by atomic mass is 10.1. The van der Waals surface area contributed by atoms with Gasteiger partial charge in [0.05, 0.1) is 6.10 Å². The smallest absolute Gasteiger partial charge is 0.0540 e. The van der Waals surface area contributed by atoms with E-state index in [2.05, 4.69) is 13.8 Å². The van der Waals surface area contributed by atoms with Gasteiger partial charge in [-0.3, -0.25) is 0 Å². The molecule has 0 heterocycles. The highest BCUT2D eigenvalue weighted by Crippen LogP contribution is 2.01. The van der Waals surface area contributed by atoms with Gasteiger partial charge in [-0.2, -0.15) is 0 Å². The van der Waals surface area contributed by atoms with Crippen LogP contribution in [-0.4, -0.2) is 11.2 Å². The van der Waals surface area contributed by atoms with Gasteiger partial charge in [0.2, 0.25) is 0 Å². The Morgan fingerprint density at radius 3 is 1.75 bits per heavy atom. The van der Waals surface area contributed by atoms with Crippen LogP contribution in [0.4, 0.5) is 0 Å². The van der Waals surface area contributed by atoms with Gasteiger partial charge in [0.15, 0.2) is 0 Å². The maximum absolute atomic E-state index is 8.97. The predicted octanol–water partition coefficient (Wildman–Crippen LogP) is 1.58. The van der Waals surface area contributed by atoms with Gasteiger partial charge in [-0.05, 0) is 12.8 Å². The minimum atomic E-state index is -0.162. The van der Waals surface area contributed by atoms with Crippen LogP contribution in [0.2, 0.25) is 0 Å². The van der Waals surface area contributed by atoms with Crippen molar-refractivity contribution in [2.45, 2.75) is 31.8 Å². The molecule has 0 saturated carbocycles. The molecule has 0 atom stereocenters. The average Bonchev–Trinajstić information content (AvgIpc) is 1.68. The quantitative estimate of drug-likeness (QED) is 0.588. The number of aliphatic hydroxyl groups excluding tert-OH is 1. The molecule has 1 nitrogen and oxygen atoms in total. The summed E-state index contributed by atoms with van der Waals surface area (Å²) in [6.45, 7) is 7.26. The molecule has 1 heteroatoms. The van der Waals surface area contributed by atoms with E-state index in [-0.39, 0.29) is 6.10 Å². The van der Waals surface area contributed by atoms with E-state index in [0.29, 0.717) is 0 Å². The van der Waals surface area contributed by atoms with Gasteiger partial charge >= 0.3 is 0 Å². The van der Waals surface area contributed by atoms with Gasteiger partial charge in [-0.25, -0.2) is 0 Å². The lowest BCUT2D eigenvalue weighted by molar-refractivity contribution is 0.156. The van der Waals surface area contributed by atoms with Crippen LogP contribution in [0.1, 0.15) is 25.7 Å². The maximum Gasteiger partial charge on any atom is 0.0540 e. The highest BCUT2D eigenvalue weighted by atomic mass is 16.3. The second-order valence-electron chi connectivity index (χ2n) is 1.94. The first-order chi connectivity index (χ1) is 3.81. The zero-order valence-corrected chi connectivity index (χ0v) is 5.27. The van der Waals surface area contributed by atoms with Gasteiger partial charge in [0.1, 0.15) is 0 Å². The van der Waals surface area contributed by atoms with Crippen molar-refractivity contribution < 1.29 is 5.11 Å². The third kappa shape index (κ3) is 4.13. The Bertz CT molecular complexity index is 37.7. The molecule has 0 bridgehead atoms. The normalized spacial score (nSPS) is 10.5. The van der Waals surface area contributed by atoms with E-state index in [9.17, 15) is 0 Å². The van der Waals surface area contributed by atoms with E-state index in [0.717, 1.165) is 25.7 Å². The molecule has 0 amide bonds. The molecule has 0 aromatic rings. The largest absolute Gasteiger partial charge is 0.393 e. The van der Waals surface area contributed by atoms with E-state index >= 15 is 0 Å². The average molecular weight is 114 g/mol. The summed E-state index contributed by atoms with van der Waals surface area (Å²) in [6, 6.07) is 0. The molecule has 0 saturated heterocycles. The van der Waals surface area contributed by atoms with E-state index < -0.39 is 0 Å². The van der Waals surface area contributed by atoms with Crippen molar-refractivity contribution in [3.63, 3.8) is 0 Å². The number of hydrogen-bond acceptors (Lipinski definition) is 1. The summed E-state index contributed by atoms with van der Waals surface area (Å²) in [4.78, 5) is 0. The van der Waals surface area contributed by atoms with Crippen LogP contribution in [0.5, 0.6) is 0 Å². The SMILES string of the molecule is [CH2]CCC(O)CC[CH2]. The number of hydrogen-bond donors (Lipinski definition) is 1. The van der Waals surface area contributed by atoms with Crippen LogP contribution in [0.15, 0.2) is 0 Å². The molecule has 0 aliphatic heterocycles. The summed E-state index contributed by atoms with van der Waals surface area (Å²) in [5.41, 5.74) is 0. The summed E-state index contributed by atoms with van der Waals surface area (Å²) in [5.74, 6) is 0. The first kappa shape index (κ1) is 7.96. The molecule has 48 valence electrons. The first-order valence-electron chi connectivity index (χ1n) is 3.07. The van der Waals surface area contributed by atoms with Crippen molar-refractivity contribution in [1.29, 1.82) is 0 Å². The summed E-state index contributed by atoms with van der Waals surface area (Å²) in [5, 5.41) is 8.97. The molecule has 0 fully saturated rings. The molecule has 0 unspecified atom stereocenters. The van der Waals surface area contributed by atoms with E-state index in [1.165, 1.54) is 0 Å². The van der Waals surface area contributed by atoms with Crippen LogP contribution in [0.3, 0.4) is 0 Å². The van der Waals surface area contributed by atoms with Gasteiger partial charge < -0.3 is 5.11 Å². The van der Waals surface area contributed by atoms with Gasteiger partial charge in [0, 0.05) is 0 Å². The van der Waals surface area contributed by atoms with Crippen LogP contribution >= 0.6 is 0 Å². The third-order valence-corrected chi connectivity index (χ3v) is 1.07. The van der Waals surface area contributed by atoms with Crippen molar-refractivity contribution >= 4 is 0 Å². The third-order valence-electron chi connectivity index (χ3n) is 1.07. The fourth-order valence-corrected chi connectivity index (χ4v) is 0.616. The van der Waals surface area contributed by atoms with Gasteiger partial charge in [-0.1, -0.05) is 26.7 Å². The van der Waals surface area contributed by atoms with Crippen molar-refractivity contribution in [2.75, 3.05) is 0 Å². The van der Waals surface area contributed by atoms with Gasteiger partial charge in [0.25, 0.3) is 0 Å². The summed E-state index contributed by atoms with van der Waals surface area (Å²) in [6.07, 6.45) is 3.11. The topological polar surface area (TPSA) is 20.2 Å². The van der Waals surface area contributed by atoms with E-state index in [1.807, 2.05) is 0 Å². The Morgan fingerprint density at radius 2 is 1.50 bits per heavy atom. The maximum atomic E-state index is 8.97. The molecular weight excluding hydrogens is 100 g/mol. The molecule has 0 rings (SSSR count). The molecule has 2 radical (unpaired) electrons.